The van der Waals surface area contributed by atoms with E-state index in [-0.39, 0.29) is 5.91 Å². The fraction of sp³-hybridized carbons (Fsp3) is 0.222. The standard InChI is InChI=1S/C18H18N2OS2/c1-3-9-20-15-8-7-13(4-2)11-16(15)23-18(20)19-17(21)12-14-6-5-10-22-14/h3,5-8,10-11H,1,4,9,12H2,2H3. The van der Waals surface area contributed by atoms with Crippen molar-refractivity contribution >= 4 is 38.8 Å². The van der Waals surface area contributed by atoms with Gasteiger partial charge in [0.1, 0.15) is 0 Å². The minimum atomic E-state index is -0.104. The highest BCUT2D eigenvalue weighted by Crippen LogP contribution is 2.20. The number of amides is 1. The van der Waals surface area contributed by atoms with Crippen molar-refractivity contribution in [1.82, 2.24) is 4.57 Å². The summed E-state index contributed by atoms with van der Waals surface area (Å²) < 4.78 is 3.22. The molecule has 0 spiro atoms. The molecule has 5 heteroatoms. The van der Waals surface area contributed by atoms with E-state index < -0.39 is 0 Å². The zero-order valence-corrected chi connectivity index (χ0v) is 14.6. The summed E-state index contributed by atoms with van der Waals surface area (Å²) in [6.07, 6.45) is 3.20. The Morgan fingerprint density at radius 1 is 1.39 bits per heavy atom. The number of aromatic nitrogens is 1. The summed E-state index contributed by atoms with van der Waals surface area (Å²) in [5.74, 6) is -0.104. The lowest BCUT2D eigenvalue weighted by molar-refractivity contribution is -0.117. The number of hydrogen-bond acceptors (Lipinski definition) is 3. The van der Waals surface area contributed by atoms with Crippen LogP contribution in [0.3, 0.4) is 0 Å². The number of rotatable bonds is 5. The second kappa shape index (κ2) is 7.06. The van der Waals surface area contributed by atoms with Crippen molar-refractivity contribution in [3.63, 3.8) is 0 Å². The molecule has 0 saturated heterocycles. The van der Waals surface area contributed by atoms with Gasteiger partial charge in [-0.05, 0) is 35.6 Å². The minimum absolute atomic E-state index is 0.104. The van der Waals surface area contributed by atoms with Gasteiger partial charge in [-0.25, -0.2) is 0 Å². The number of thiazole rings is 1. The van der Waals surface area contributed by atoms with Crippen molar-refractivity contribution in [3.05, 3.63) is 63.6 Å². The quantitative estimate of drug-likeness (QED) is 0.640. The van der Waals surface area contributed by atoms with Gasteiger partial charge in [-0.2, -0.15) is 4.99 Å². The molecule has 0 aliphatic heterocycles. The molecule has 3 aromatic rings. The highest BCUT2D eigenvalue weighted by atomic mass is 32.1. The zero-order valence-electron chi connectivity index (χ0n) is 13.0. The van der Waals surface area contributed by atoms with E-state index in [1.54, 1.807) is 22.7 Å². The molecule has 0 radical (unpaired) electrons. The second-order valence-electron chi connectivity index (χ2n) is 5.20. The zero-order chi connectivity index (χ0) is 16.2. The average molecular weight is 342 g/mol. The summed E-state index contributed by atoms with van der Waals surface area (Å²) in [6, 6.07) is 10.3. The number of fused-ring (bicyclic) bond motifs is 1. The van der Waals surface area contributed by atoms with Crippen molar-refractivity contribution in [2.75, 3.05) is 0 Å². The smallest absolute Gasteiger partial charge is 0.253 e. The third kappa shape index (κ3) is 3.51. The summed E-state index contributed by atoms with van der Waals surface area (Å²) in [5, 5.41) is 1.98. The number of aryl methyl sites for hydroxylation is 1. The van der Waals surface area contributed by atoms with Crippen molar-refractivity contribution in [1.29, 1.82) is 0 Å². The molecule has 0 N–H and O–H groups in total. The molecule has 1 amide bonds. The first-order valence-electron chi connectivity index (χ1n) is 7.54. The monoisotopic (exact) mass is 342 g/mol. The number of benzene rings is 1. The van der Waals surface area contributed by atoms with Crippen LogP contribution in [0.5, 0.6) is 0 Å². The SMILES string of the molecule is C=CCn1c(=NC(=O)Cc2cccs2)sc2cc(CC)ccc21. The summed E-state index contributed by atoms with van der Waals surface area (Å²) in [6.45, 7) is 6.61. The Kier molecular flexibility index (Phi) is 4.88. The first-order valence-corrected chi connectivity index (χ1v) is 9.24. The minimum Gasteiger partial charge on any atom is -0.313 e. The van der Waals surface area contributed by atoms with Crippen LogP contribution in [0, 0.1) is 0 Å². The maximum atomic E-state index is 12.2. The molecule has 23 heavy (non-hydrogen) atoms. The average Bonchev–Trinajstić information content (AvgIpc) is 3.15. The lowest BCUT2D eigenvalue weighted by Gasteiger charge is -2.01. The van der Waals surface area contributed by atoms with E-state index in [0.717, 1.165) is 26.3 Å². The summed E-state index contributed by atoms with van der Waals surface area (Å²) in [5.41, 5.74) is 2.40. The van der Waals surface area contributed by atoms with Gasteiger partial charge in [-0.3, -0.25) is 4.79 Å². The number of nitrogens with zero attached hydrogens (tertiary/aromatic N) is 2. The molecular formula is C18H18N2OS2. The molecular weight excluding hydrogens is 324 g/mol. The third-order valence-electron chi connectivity index (χ3n) is 3.59. The maximum absolute atomic E-state index is 12.2. The van der Waals surface area contributed by atoms with E-state index in [1.165, 1.54) is 5.56 Å². The highest BCUT2D eigenvalue weighted by Gasteiger charge is 2.08. The normalized spacial score (nSPS) is 12.0. The molecule has 0 saturated carbocycles. The Balaban J connectivity index is 2.04. The number of carbonyl (C=O) groups excluding carboxylic acids is 1. The van der Waals surface area contributed by atoms with Crippen LogP contribution in [0.25, 0.3) is 10.2 Å². The van der Waals surface area contributed by atoms with Gasteiger partial charge in [-0.15, -0.1) is 17.9 Å². The van der Waals surface area contributed by atoms with Crippen LogP contribution in [-0.2, 0) is 24.2 Å². The summed E-state index contributed by atoms with van der Waals surface area (Å²) >= 11 is 3.15. The second-order valence-corrected chi connectivity index (χ2v) is 7.24. The van der Waals surface area contributed by atoms with Gasteiger partial charge in [0.2, 0.25) is 0 Å². The fourth-order valence-corrected chi connectivity index (χ4v) is 4.25. The first kappa shape index (κ1) is 15.9. The van der Waals surface area contributed by atoms with Gasteiger partial charge in [0.25, 0.3) is 5.91 Å². The van der Waals surface area contributed by atoms with E-state index in [1.807, 2.05) is 23.6 Å². The summed E-state index contributed by atoms with van der Waals surface area (Å²) in [4.78, 5) is 18.4. The van der Waals surface area contributed by atoms with E-state index >= 15 is 0 Å². The van der Waals surface area contributed by atoms with Gasteiger partial charge >= 0.3 is 0 Å². The lowest BCUT2D eigenvalue weighted by Crippen LogP contribution is -2.16. The lowest BCUT2D eigenvalue weighted by atomic mass is 10.2. The Morgan fingerprint density at radius 3 is 2.96 bits per heavy atom. The van der Waals surface area contributed by atoms with Gasteiger partial charge in [-0.1, -0.05) is 36.5 Å². The van der Waals surface area contributed by atoms with E-state index in [4.69, 9.17) is 0 Å². The molecule has 3 nitrogen and oxygen atoms in total. The largest absolute Gasteiger partial charge is 0.313 e. The molecule has 0 aliphatic carbocycles. The number of hydrogen-bond donors (Lipinski definition) is 0. The van der Waals surface area contributed by atoms with Crippen LogP contribution < -0.4 is 4.80 Å². The van der Waals surface area contributed by atoms with Crippen molar-refractivity contribution < 1.29 is 4.79 Å². The number of allylic oxidation sites excluding steroid dienone is 1. The Morgan fingerprint density at radius 2 is 2.26 bits per heavy atom. The molecule has 0 aliphatic rings. The predicted molar refractivity (Wildman–Crippen MR) is 98.0 cm³/mol. The molecule has 2 aromatic heterocycles. The van der Waals surface area contributed by atoms with Crippen molar-refractivity contribution in [3.8, 4) is 0 Å². The first-order chi connectivity index (χ1) is 11.2. The van der Waals surface area contributed by atoms with Crippen LogP contribution >= 0.6 is 22.7 Å². The Bertz CT molecular complexity index is 901. The molecule has 3 rings (SSSR count). The topological polar surface area (TPSA) is 34.4 Å². The maximum Gasteiger partial charge on any atom is 0.253 e. The van der Waals surface area contributed by atoms with Crippen LogP contribution in [0.15, 0.2) is 53.4 Å². The predicted octanol–water partition coefficient (Wildman–Crippen LogP) is 4.18. The van der Waals surface area contributed by atoms with Crippen LogP contribution in [-0.4, -0.2) is 10.5 Å². The molecule has 0 fully saturated rings. The van der Waals surface area contributed by atoms with Crippen molar-refractivity contribution in [2.45, 2.75) is 26.3 Å². The van der Waals surface area contributed by atoms with Crippen LogP contribution in [0.1, 0.15) is 17.4 Å². The highest BCUT2D eigenvalue weighted by molar-refractivity contribution is 7.16. The molecule has 0 unspecified atom stereocenters. The van der Waals surface area contributed by atoms with E-state index in [9.17, 15) is 4.79 Å². The number of thiophene rings is 1. The Labute approximate surface area is 143 Å². The Hall–Kier alpha value is -1.98. The van der Waals surface area contributed by atoms with Crippen LogP contribution in [0.4, 0.5) is 0 Å². The molecule has 1 aromatic carbocycles. The fourth-order valence-electron chi connectivity index (χ4n) is 2.44. The molecule has 0 atom stereocenters. The molecule has 118 valence electrons. The van der Waals surface area contributed by atoms with Crippen LogP contribution in [0.2, 0.25) is 0 Å². The van der Waals surface area contributed by atoms with Crippen molar-refractivity contribution in [2.24, 2.45) is 4.99 Å². The van der Waals surface area contributed by atoms with Gasteiger partial charge < -0.3 is 4.57 Å². The molecule has 2 heterocycles. The molecule has 0 bridgehead atoms. The van der Waals surface area contributed by atoms with Gasteiger partial charge in [0.05, 0.1) is 16.6 Å². The van der Waals surface area contributed by atoms with Gasteiger partial charge in [0, 0.05) is 11.4 Å². The summed E-state index contributed by atoms with van der Waals surface area (Å²) in [7, 11) is 0. The van der Waals surface area contributed by atoms with E-state index in [2.05, 4.69) is 41.3 Å². The third-order valence-corrected chi connectivity index (χ3v) is 5.51. The number of carbonyl (C=O) groups is 1. The van der Waals surface area contributed by atoms with E-state index in [0.29, 0.717) is 13.0 Å². The van der Waals surface area contributed by atoms with Gasteiger partial charge in [0.15, 0.2) is 4.80 Å².